The molecule has 8 heteroatoms. The molecule has 1 rings (SSSR count). The van der Waals surface area contributed by atoms with Gasteiger partial charge in [0.1, 0.15) is 6.42 Å². The molecule has 0 aromatic heterocycles. The minimum atomic E-state index is -4.54. The Kier molecular flexibility index (Phi) is 4.73. The second-order valence-electron chi connectivity index (χ2n) is 3.70. The van der Waals surface area contributed by atoms with Crippen LogP contribution in [0, 0.1) is 0 Å². The molecule has 98 valence electrons. The molecule has 1 aliphatic rings. The molecular weight excluding hydrogens is 239 g/mol. The van der Waals surface area contributed by atoms with Crippen LogP contribution in [0.5, 0.6) is 0 Å². The number of carbonyl (C=O) groups excluding carboxylic acids is 2. The van der Waals surface area contributed by atoms with Gasteiger partial charge in [0.25, 0.3) is 0 Å². The Bertz CT molecular complexity index is 288. The fourth-order valence-corrected chi connectivity index (χ4v) is 1.44. The molecule has 1 saturated heterocycles. The molecule has 0 saturated carbocycles. The van der Waals surface area contributed by atoms with E-state index in [0.29, 0.717) is 26.2 Å². The van der Waals surface area contributed by atoms with E-state index in [9.17, 15) is 22.8 Å². The Labute approximate surface area is 96.3 Å². The number of alkyl halides is 3. The minimum absolute atomic E-state index is 0.359. The third-order valence-corrected chi connectivity index (χ3v) is 2.27. The summed E-state index contributed by atoms with van der Waals surface area (Å²) in [6, 6.07) is 0. The summed E-state index contributed by atoms with van der Waals surface area (Å²) < 4.78 is 35.5. The van der Waals surface area contributed by atoms with Gasteiger partial charge in [0, 0.05) is 26.2 Å². The molecule has 0 spiro atoms. The Hall–Kier alpha value is -1.31. The van der Waals surface area contributed by atoms with E-state index in [-0.39, 0.29) is 12.5 Å². The quantitative estimate of drug-likeness (QED) is 0.712. The van der Waals surface area contributed by atoms with E-state index in [0.717, 1.165) is 0 Å². The molecule has 0 aliphatic carbocycles. The highest BCUT2D eigenvalue weighted by Crippen LogP contribution is 2.18. The van der Waals surface area contributed by atoms with Gasteiger partial charge in [-0.1, -0.05) is 0 Å². The number of nitrogens with one attached hydrogen (secondary N) is 2. The van der Waals surface area contributed by atoms with Gasteiger partial charge in [-0.3, -0.25) is 9.59 Å². The van der Waals surface area contributed by atoms with Gasteiger partial charge in [0.15, 0.2) is 0 Å². The summed E-state index contributed by atoms with van der Waals surface area (Å²) in [5.41, 5.74) is 0. The van der Waals surface area contributed by atoms with Gasteiger partial charge >= 0.3 is 6.18 Å². The maximum absolute atomic E-state index is 11.8. The molecule has 1 heterocycles. The first-order valence-electron chi connectivity index (χ1n) is 5.20. The number of nitrogens with zero attached hydrogens (tertiary/aromatic N) is 1. The third-order valence-electron chi connectivity index (χ3n) is 2.27. The Morgan fingerprint density at radius 3 is 2.35 bits per heavy atom. The van der Waals surface area contributed by atoms with Crippen LogP contribution < -0.4 is 10.6 Å². The molecule has 2 amide bonds. The SMILES string of the molecule is O=C(CC(F)(F)F)NCC(=O)N1CCNCC1. The number of hydrogen-bond acceptors (Lipinski definition) is 3. The first-order chi connectivity index (χ1) is 7.88. The van der Waals surface area contributed by atoms with E-state index >= 15 is 0 Å². The van der Waals surface area contributed by atoms with Crippen LogP contribution in [0.1, 0.15) is 6.42 Å². The number of hydrogen-bond donors (Lipinski definition) is 2. The smallest absolute Gasteiger partial charge is 0.347 e. The van der Waals surface area contributed by atoms with E-state index in [1.54, 1.807) is 0 Å². The fourth-order valence-electron chi connectivity index (χ4n) is 1.44. The monoisotopic (exact) mass is 253 g/mol. The Balaban J connectivity index is 2.25. The summed E-state index contributed by atoms with van der Waals surface area (Å²) in [5.74, 6) is -1.54. The van der Waals surface area contributed by atoms with Crippen molar-refractivity contribution in [3.63, 3.8) is 0 Å². The summed E-state index contributed by atoms with van der Waals surface area (Å²) in [6.45, 7) is 1.95. The summed E-state index contributed by atoms with van der Waals surface area (Å²) in [6.07, 6.45) is -6.09. The second-order valence-corrected chi connectivity index (χ2v) is 3.70. The number of carbonyl (C=O) groups is 2. The average molecular weight is 253 g/mol. The lowest BCUT2D eigenvalue weighted by Crippen LogP contribution is -2.49. The topological polar surface area (TPSA) is 61.4 Å². The van der Waals surface area contributed by atoms with E-state index in [2.05, 4.69) is 5.32 Å². The molecule has 0 atom stereocenters. The zero-order chi connectivity index (χ0) is 12.9. The molecule has 0 unspecified atom stereocenters. The van der Waals surface area contributed by atoms with E-state index in [1.165, 1.54) is 4.90 Å². The van der Waals surface area contributed by atoms with Crippen molar-refractivity contribution < 1.29 is 22.8 Å². The van der Waals surface area contributed by atoms with Crippen molar-refractivity contribution in [3.05, 3.63) is 0 Å². The van der Waals surface area contributed by atoms with Crippen LogP contribution in [0.4, 0.5) is 13.2 Å². The van der Waals surface area contributed by atoms with Crippen molar-refractivity contribution in [1.29, 1.82) is 0 Å². The van der Waals surface area contributed by atoms with E-state index in [4.69, 9.17) is 0 Å². The predicted octanol–water partition coefficient (Wildman–Crippen LogP) is -0.513. The van der Waals surface area contributed by atoms with Gasteiger partial charge in [0.2, 0.25) is 11.8 Å². The number of rotatable bonds is 3. The lowest BCUT2D eigenvalue weighted by Gasteiger charge is -2.27. The van der Waals surface area contributed by atoms with Gasteiger partial charge in [-0.05, 0) is 0 Å². The molecule has 1 aliphatic heterocycles. The summed E-state index contributed by atoms with van der Waals surface area (Å²) >= 11 is 0. The van der Waals surface area contributed by atoms with Crippen molar-refractivity contribution in [1.82, 2.24) is 15.5 Å². The van der Waals surface area contributed by atoms with Crippen molar-refractivity contribution in [3.8, 4) is 0 Å². The molecule has 0 aromatic rings. The van der Waals surface area contributed by atoms with Gasteiger partial charge in [-0.2, -0.15) is 13.2 Å². The van der Waals surface area contributed by atoms with Gasteiger partial charge in [0.05, 0.1) is 6.54 Å². The fraction of sp³-hybridized carbons (Fsp3) is 0.778. The molecule has 5 nitrogen and oxygen atoms in total. The molecular formula is C9H14F3N3O2. The standard InChI is InChI=1S/C9H14F3N3O2/c10-9(11,12)5-7(16)14-6-8(17)15-3-1-13-2-4-15/h13H,1-6H2,(H,14,16). The van der Waals surface area contributed by atoms with Crippen LogP contribution in [-0.2, 0) is 9.59 Å². The van der Waals surface area contributed by atoms with Gasteiger partial charge in [-0.25, -0.2) is 0 Å². The van der Waals surface area contributed by atoms with E-state index in [1.807, 2.05) is 5.32 Å². The second kappa shape index (κ2) is 5.85. The van der Waals surface area contributed by atoms with E-state index < -0.39 is 18.5 Å². The Morgan fingerprint density at radius 1 is 1.24 bits per heavy atom. The number of halogens is 3. The summed E-state index contributed by atoms with van der Waals surface area (Å²) in [4.78, 5) is 23.8. The minimum Gasteiger partial charge on any atom is -0.347 e. The summed E-state index contributed by atoms with van der Waals surface area (Å²) in [7, 11) is 0. The van der Waals surface area contributed by atoms with Crippen LogP contribution in [0.2, 0.25) is 0 Å². The van der Waals surface area contributed by atoms with Crippen molar-refractivity contribution in [2.75, 3.05) is 32.7 Å². The number of amides is 2. The van der Waals surface area contributed by atoms with Crippen LogP contribution in [0.25, 0.3) is 0 Å². The van der Waals surface area contributed by atoms with Crippen LogP contribution in [0.3, 0.4) is 0 Å². The van der Waals surface area contributed by atoms with Crippen molar-refractivity contribution in [2.24, 2.45) is 0 Å². The lowest BCUT2D eigenvalue weighted by atomic mass is 10.3. The van der Waals surface area contributed by atoms with Gasteiger partial charge < -0.3 is 15.5 Å². The third kappa shape index (κ3) is 5.53. The van der Waals surface area contributed by atoms with Crippen LogP contribution in [0.15, 0.2) is 0 Å². The maximum atomic E-state index is 11.8. The zero-order valence-electron chi connectivity index (χ0n) is 9.14. The maximum Gasteiger partial charge on any atom is 0.397 e. The summed E-state index contributed by atoms with van der Waals surface area (Å²) in [5, 5.41) is 5.00. The van der Waals surface area contributed by atoms with Crippen molar-refractivity contribution >= 4 is 11.8 Å². The van der Waals surface area contributed by atoms with Crippen LogP contribution >= 0.6 is 0 Å². The molecule has 0 radical (unpaired) electrons. The molecule has 2 N–H and O–H groups in total. The predicted molar refractivity (Wildman–Crippen MR) is 53.1 cm³/mol. The first kappa shape index (κ1) is 13.8. The highest BCUT2D eigenvalue weighted by atomic mass is 19.4. The van der Waals surface area contributed by atoms with Crippen LogP contribution in [-0.4, -0.2) is 55.6 Å². The molecule has 0 aromatic carbocycles. The van der Waals surface area contributed by atoms with Gasteiger partial charge in [-0.15, -0.1) is 0 Å². The highest BCUT2D eigenvalue weighted by molar-refractivity contribution is 5.85. The molecule has 0 bridgehead atoms. The zero-order valence-corrected chi connectivity index (χ0v) is 9.14. The number of piperazine rings is 1. The first-order valence-corrected chi connectivity index (χ1v) is 5.20. The normalized spacial score (nSPS) is 16.8. The highest BCUT2D eigenvalue weighted by Gasteiger charge is 2.31. The van der Waals surface area contributed by atoms with Crippen molar-refractivity contribution in [2.45, 2.75) is 12.6 Å². The largest absolute Gasteiger partial charge is 0.397 e. The molecule has 17 heavy (non-hydrogen) atoms. The Morgan fingerprint density at radius 2 is 1.82 bits per heavy atom. The lowest BCUT2D eigenvalue weighted by molar-refractivity contribution is -0.154. The average Bonchev–Trinajstić information content (AvgIpc) is 2.25. The molecule has 1 fully saturated rings.